The maximum atomic E-state index is 11.4. The van der Waals surface area contributed by atoms with E-state index in [1.165, 1.54) is 38.5 Å². The number of hydrogen-bond donors (Lipinski definition) is 2. The van der Waals surface area contributed by atoms with E-state index >= 15 is 0 Å². The molecule has 1 saturated carbocycles. The first-order valence-corrected chi connectivity index (χ1v) is 7.48. The van der Waals surface area contributed by atoms with Crippen LogP contribution >= 0.6 is 0 Å². The molecule has 1 spiro atoms. The summed E-state index contributed by atoms with van der Waals surface area (Å²) in [6.45, 7) is 1.85. The van der Waals surface area contributed by atoms with Crippen LogP contribution in [0.25, 0.3) is 0 Å². The first kappa shape index (κ1) is 13.3. The second-order valence-electron chi connectivity index (χ2n) is 6.24. The fraction of sp³-hybridized carbons (Fsp3) is 0.562. The van der Waals surface area contributed by atoms with Crippen molar-refractivity contribution in [3.05, 3.63) is 23.8 Å². The van der Waals surface area contributed by atoms with Crippen molar-refractivity contribution in [1.29, 1.82) is 0 Å². The number of piperidine rings is 1. The van der Waals surface area contributed by atoms with Gasteiger partial charge in [0, 0.05) is 13.1 Å². The number of nitrogens with zero attached hydrogens (tertiary/aromatic N) is 1. The van der Waals surface area contributed by atoms with Crippen LogP contribution in [0.4, 0.5) is 11.4 Å². The first-order valence-electron chi connectivity index (χ1n) is 7.48. The predicted molar refractivity (Wildman–Crippen MR) is 80.2 cm³/mol. The molecule has 20 heavy (non-hydrogen) atoms. The van der Waals surface area contributed by atoms with Crippen molar-refractivity contribution in [3.8, 4) is 0 Å². The van der Waals surface area contributed by atoms with E-state index in [1.807, 2.05) is 0 Å². The van der Waals surface area contributed by atoms with Gasteiger partial charge in [0.05, 0.1) is 16.9 Å². The lowest BCUT2D eigenvalue weighted by molar-refractivity contribution is 0.0697. The van der Waals surface area contributed by atoms with E-state index in [4.69, 9.17) is 5.73 Å². The Morgan fingerprint density at radius 3 is 2.40 bits per heavy atom. The van der Waals surface area contributed by atoms with Gasteiger partial charge in [0.25, 0.3) is 0 Å². The lowest BCUT2D eigenvalue weighted by atomic mass is 9.77. The molecular formula is C16H22N2O2. The molecule has 0 bridgehead atoms. The molecule has 3 N–H and O–H groups in total. The average molecular weight is 274 g/mol. The Balaban J connectivity index is 1.83. The van der Waals surface area contributed by atoms with Gasteiger partial charge < -0.3 is 15.7 Å². The molecule has 0 atom stereocenters. The lowest BCUT2D eigenvalue weighted by Gasteiger charge is -2.41. The van der Waals surface area contributed by atoms with E-state index < -0.39 is 5.97 Å². The minimum atomic E-state index is -0.895. The minimum Gasteiger partial charge on any atom is -0.478 e. The van der Waals surface area contributed by atoms with Crippen molar-refractivity contribution in [1.82, 2.24) is 0 Å². The SMILES string of the molecule is Nc1cccc(C(=O)O)c1N1CCC2(CCCC2)CC1. The highest BCUT2D eigenvalue weighted by molar-refractivity contribution is 5.98. The number of rotatable bonds is 2. The standard InChI is InChI=1S/C16H22N2O2/c17-13-5-3-4-12(15(19)20)14(13)18-10-8-16(9-11-18)6-1-2-7-16/h3-5H,1-2,6-11,17H2,(H,19,20). The van der Waals surface area contributed by atoms with Crippen LogP contribution in [0.15, 0.2) is 18.2 Å². The molecule has 1 aliphatic heterocycles. The number of aromatic carboxylic acids is 1. The number of carboxylic acid groups (broad SMARTS) is 1. The summed E-state index contributed by atoms with van der Waals surface area (Å²) in [5.74, 6) is -0.895. The van der Waals surface area contributed by atoms with E-state index in [2.05, 4.69) is 4.90 Å². The Bertz CT molecular complexity index is 511. The van der Waals surface area contributed by atoms with Crippen LogP contribution in [0.1, 0.15) is 48.9 Å². The van der Waals surface area contributed by atoms with E-state index in [0.717, 1.165) is 13.1 Å². The zero-order chi connectivity index (χ0) is 14.2. The smallest absolute Gasteiger partial charge is 0.337 e. The molecule has 2 aliphatic rings. The number of hydrogen-bond acceptors (Lipinski definition) is 3. The van der Waals surface area contributed by atoms with Gasteiger partial charge >= 0.3 is 5.97 Å². The summed E-state index contributed by atoms with van der Waals surface area (Å²) < 4.78 is 0. The van der Waals surface area contributed by atoms with Crippen molar-refractivity contribution in [2.75, 3.05) is 23.7 Å². The Hall–Kier alpha value is -1.71. The zero-order valence-corrected chi connectivity index (χ0v) is 11.8. The molecule has 4 nitrogen and oxygen atoms in total. The second kappa shape index (κ2) is 5.00. The average Bonchev–Trinajstić information content (AvgIpc) is 2.88. The highest BCUT2D eigenvalue weighted by Crippen LogP contribution is 2.47. The summed E-state index contributed by atoms with van der Waals surface area (Å²) in [6.07, 6.45) is 7.73. The molecular weight excluding hydrogens is 252 g/mol. The van der Waals surface area contributed by atoms with Gasteiger partial charge in [-0.1, -0.05) is 18.9 Å². The second-order valence-corrected chi connectivity index (χ2v) is 6.24. The molecule has 1 aliphatic carbocycles. The number of nitrogens with two attached hydrogens (primary N) is 1. The van der Waals surface area contributed by atoms with E-state index in [0.29, 0.717) is 22.4 Å². The van der Waals surface area contributed by atoms with Gasteiger partial charge in [-0.3, -0.25) is 0 Å². The van der Waals surface area contributed by atoms with Crippen LogP contribution in [0, 0.1) is 5.41 Å². The summed E-state index contributed by atoms with van der Waals surface area (Å²) in [5, 5.41) is 9.34. The van der Waals surface area contributed by atoms with Crippen LogP contribution in [0.3, 0.4) is 0 Å². The maximum Gasteiger partial charge on any atom is 0.337 e. The molecule has 0 aromatic heterocycles. The molecule has 2 fully saturated rings. The summed E-state index contributed by atoms with van der Waals surface area (Å²) >= 11 is 0. The summed E-state index contributed by atoms with van der Waals surface area (Å²) in [6, 6.07) is 5.15. The van der Waals surface area contributed by atoms with E-state index in [9.17, 15) is 9.90 Å². The molecule has 1 aromatic carbocycles. The van der Waals surface area contributed by atoms with Crippen molar-refractivity contribution in [2.24, 2.45) is 5.41 Å². The van der Waals surface area contributed by atoms with Crippen molar-refractivity contribution < 1.29 is 9.90 Å². The predicted octanol–water partition coefficient (Wildman–Crippen LogP) is 3.13. The number of benzene rings is 1. The molecule has 4 heteroatoms. The normalized spacial score (nSPS) is 21.3. The van der Waals surface area contributed by atoms with E-state index in [1.54, 1.807) is 18.2 Å². The highest BCUT2D eigenvalue weighted by atomic mass is 16.4. The van der Waals surface area contributed by atoms with Crippen LogP contribution < -0.4 is 10.6 Å². The van der Waals surface area contributed by atoms with Crippen LogP contribution in [-0.2, 0) is 0 Å². The van der Waals surface area contributed by atoms with Gasteiger partial charge in [-0.2, -0.15) is 0 Å². The number of carbonyl (C=O) groups is 1. The largest absolute Gasteiger partial charge is 0.478 e. The third-order valence-electron chi connectivity index (χ3n) is 5.10. The summed E-state index contributed by atoms with van der Waals surface area (Å²) in [5.41, 5.74) is 8.18. The first-order chi connectivity index (χ1) is 9.61. The molecule has 0 radical (unpaired) electrons. The molecule has 108 valence electrons. The quantitative estimate of drug-likeness (QED) is 0.813. The van der Waals surface area contributed by atoms with Gasteiger partial charge in [-0.05, 0) is 43.2 Å². The van der Waals surface area contributed by atoms with Crippen LogP contribution in [-0.4, -0.2) is 24.2 Å². The number of anilines is 2. The summed E-state index contributed by atoms with van der Waals surface area (Å²) in [4.78, 5) is 13.6. The number of carboxylic acids is 1. The zero-order valence-electron chi connectivity index (χ0n) is 11.8. The fourth-order valence-electron chi connectivity index (χ4n) is 3.92. The van der Waals surface area contributed by atoms with Gasteiger partial charge in [0.1, 0.15) is 0 Å². The minimum absolute atomic E-state index is 0.326. The Kier molecular flexibility index (Phi) is 3.32. The molecule has 1 saturated heterocycles. The van der Waals surface area contributed by atoms with Gasteiger partial charge in [0.2, 0.25) is 0 Å². The fourth-order valence-corrected chi connectivity index (χ4v) is 3.92. The number of nitrogen functional groups attached to an aromatic ring is 1. The van der Waals surface area contributed by atoms with Crippen molar-refractivity contribution in [3.63, 3.8) is 0 Å². The Labute approximate surface area is 119 Å². The Morgan fingerprint density at radius 2 is 1.80 bits per heavy atom. The van der Waals surface area contributed by atoms with E-state index in [-0.39, 0.29) is 0 Å². The topological polar surface area (TPSA) is 66.6 Å². The molecule has 1 aromatic rings. The van der Waals surface area contributed by atoms with Crippen LogP contribution in [0.2, 0.25) is 0 Å². The number of para-hydroxylation sites is 1. The molecule has 0 unspecified atom stereocenters. The third kappa shape index (κ3) is 2.23. The molecule has 1 heterocycles. The lowest BCUT2D eigenvalue weighted by Crippen LogP contribution is -2.39. The Morgan fingerprint density at radius 1 is 1.15 bits per heavy atom. The van der Waals surface area contributed by atoms with Gasteiger partial charge in [-0.15, -0.1) is 0 Å². The van der Waals surface area contributed by atoms with Gasteiger partial charge in [-0.25, -0.2) is 4.79 Å². The molecule has 0 amide bonds. The van der Waals surface area contributed by atoms with Crippen molar-refractivity contribution in [2.45, 2.75) is 38.5 Å². The highest BCUT2D eigenvalue weighted by Gasteiger charge is 2.37. The van der Waals surface area contributed by atoms with Crippen LogP contribution in [0.5, 0.6) is 0 Å². The third-order valence-corrected chi connectivity index (χ3v) is 5.10. The maximum absolute atomic E-state index is 11.4. The monoisotopic (exact) mass is 274 g/mol. The van der Waals surface area contributed by atoms with Gasteiger partial charge in [0.15, 0.2) is 0 Å². The van der Waals surface area contributed by atoms with Crippen molar-refractivity contribution >= 4 is 17.3 Å². The molecule has 3 rings (SSSR count). The summed E-state index contributed by atoms with van der Waals surface area (Å²) in [7, 11) is 0.